The number of anilines is 1. The van der Waals surface area contributed by atoms with Gasteiger partial charge in [0.25, 0.3) is 0 Å². The van der Waals surface area contributed by atoms with E-state index in [1.54, 1.807) is 24.5 Å². The lowest BCUT2D eigenvalue weighted by Gasteiger charge is -2.13. The van der Waals surface area contributed by atoms with Gasteiger partial charge in [-0.3, -0.25) is 4.98 Å². The zero-order valence-electron chi connectivity index (χ0n) is 14.3. The van der Waals surface area contributed by atoms with E-state index < -0.39 is 16.1 Å². The molecule has 2 aromatic rings. The fraction of sp³-hybridized carbons (Fsp3) is 0.333. The molecule has 7 nitrogen and oxygen atoms in total. The van der Waals surface area contributed by atoms with Crippen molar-refractivity contribution >= 4 is 21.7 Å². The number of aromatic nitrogens is 1. The third-order valence-electron chi connectivity index (χ3n) is 4.28. The molecule has 1 saturated carbocycles. The summed E-state index contributed by atoms with van der Waals surface area (Å²) in [7, 11) is -3.59. The Morgan fingerprint density at radius 3 is 2.58 bits per heavy atom. The van der Waals surface area contributed by atoms with Gasteiger partial charge in [0.2, 0.25) is 10.0 Å². The van der Waals surface area contributed by atoms with Crippen molar-refractivity contribution in [3.05, 3.63) is 54.4 Å². The maximum absolute atomic E-state index is 12.5. The van der Waals surface area contributed by atoms with Gasteiger partial charge in [0.1, 0.15) is 0 Å². The fourth-order valence-corrected chi connectivity index (χ4v) is 4.28. The van der Waals surface area contributed by atoms with Crippen molar-refractivity contribution in [1.29, 1.82) is 0 Å². The summed E-state index contributed by atoms with van der Waals surface area (Å²) in [4.78, 5) is 16.1. The number of rotatable bonds is 6. The van der Waals surface area contributed by atoms with Crippen molar-refractivity contribution in [2.24, 2.45) is 0 Å². The molecule has 2 amide bonds. The Labute approximate surface area is 153 Å². The molecule has 1 aromatic carbocycles. The van der Waals surface area contributed by atoms with Crippen LogP contribution in [0.5, 0.6) is 0 Å². The van der Waals surface area contributed by atoms with E-state index >= 15 is 0 Å². The predicted octanol–water partition coefficient (Wildman–Crippen LogP) is 2.62. The number of hydrogen-bond acceptors (Lipinski definition) is 4. The first kappa shape index (κ1) is 18.3. The molecule has 0 aliphatic heterocycles. The van der Waals surface area contributed by atoms with Gasteiger partial charge in [-0.2, -0.15) is 0 Å². The number of carbonyl (C=O) groups is 1. The van der Waals surface area contributed by atoms with Crippen LogP contribution in [0.25, 0.3) is 0 Å². The Bertz CT molecular complexity index is 850. The Kier molecular flexibility index (Phi) is 5.85. The van der Waals surface area contributed by atoms with Crippen LogP contribution in [0.1, 0.15) is 31.2 Å². The fourth-order valence-electron chi connectivity index (χ4n) is 2.93. The Balaban J connectivity index is 1.60. The Morgan fingerprint density at radius 2 is 1.85 bits per heavy atom. The zero-order valence-corrected chi connectivity index (χ0v) is 15.1. The number of carbonyl (C=O) groups excluding carboxylic acids is 1. The van der Waals surface area contributed by atoms with Crippen LogP contribution in [0.2, 0.25) is 0 Å². The molecule has 3 N–H and O–H groups in total. The second-order valence-electron chi connectivity index (χ2n) is 6.29. The molecule has 138 valence electrons. The summed E-state index contributed by atoms with van der Waals surface area (Å²) in [6.45, 7) is 0.357. The third kappa shape index (κ3) is 5.03. The van der Waals surface area contributed by atoms with Crippen LogP contribution >= 0.6 is 0 Å². The number of urea groups is 1. The molecule has 0 spiro atoms. The van der Waals surface area contributed by atoms with Crippen LogP contribution in [0.4, 0.5) is 10.5 Å². The van der Waals surface area contributed by atoms with Gasteiger partial charge in [0, 0.05) is 30.7 Å². The highest BCUT2D eigenvalue weighted by molar-refractivity contribution is 7.89. The van der Waals surface area contributed by atoms with Gasteiger partial charge < -0.3 is 10.6 Å². The lowest BCUT2D eigenvalue weighted by atomic mass is 10.3. The number of nitrogens with one attached hydrogen (secondary N) is 3. The molecule has 0 unspecified atom stereocenters. The van der Waals surface area contributed by atoms with Crippen molar-refractivity contribution in [3.63, 3.8) is 0 Å². The SMILES string of the molecule is O=C(NCc1ccncc1)Nc1cccc(S(=O)(=O)NC2CCCC2)c1. The molecule has 3 rings (SSSR count). The van der Waals surface area contributed by atoms with Crippen LogP contribution in [0.15, 0.2) is 53.7 Å². The molecule has 1 aliphatic rings. The minimum Gasteiger partial charge on any atom is -0.334 e. The highest BCUT2D eigenvalue weighted by Crippen LogP contribution is 2.21. The summed E-state index contributed by atoms with van der Waals surface area (Å²) in [5.74, 6) is 0. The average molecular weight is 374 g/mol. The molecule has 1 aromatic heterocycles. The van der Waals surface area contributed by atoms with Crippen molar-refractivity contribution in [2.45, 2.75) is 43.2 Å². The van der Waals surface area contributed by atoms with Gasteiger partial charge in [-0.15, -0.1) is 0 Å². The summed E-state index contributed by atoms with van der Waals surface area (Å²) < 4.78 is 27.7. The van der Waals surface area contributed by atoms with Crippen molar-refractivity contribution in [2.75, 3.05) is 5.32 Å². The smallest absolute Gasteiger partial charge is 0.319 e. The van der Waals surface area contributed by atoms with E-state index in [-0.39, 0.29) is 10.9 Å². The maximum atomic E-state index is 12.5. The first-order chi connectivity index (χ1) is 12.5. The zero-order chi connectivity index (χ0) is 18.4. The van der Waals surface area contributed by atoms with Gasteiger partial charge in [0.05, 0.1) is 4.90 Å². The summed E-state index contributed by atoms with van der Waals surface area (Å²) in [6, 6.07) is 9.47. The van der Waals surface area contributed by atoms with Gasteiger partial charge >= 0.3 is 6.03 Å². The molecule has 26 heavy (non-hydrogen) atoms. The first-order valence-electron chi connectivity index (χ1n) is 8.59. The van der Waals surface area contributed by atoms with Crippen molar-refractivity contribution in [1.82, 2.24) is 15.0 Å². The molecule has 0 radical (unpaired) electrons. The highest BCUT2D eigenvalue weighted by atomic mass is 32.2. The van der Waals surface area contributed by atoms with E-state index in [2.05, 4.69) is 20.3 Å². The number of pyridine rings is 1. The lowest BCUT2D eigenvalue weighted by molar-refractivity contribution is 0.251. The van der Waals surface area contributed by atoms with E-state index in [0.29, 0.717) is 12.2 Å². The Hall–Kier alpha value is -2.45. The highest BCUT2D eigenvalue weighted by Gasteiger charge is 2.23. The van der Waals surface area contributed by atoms with Crippen LogP contribution < -0.4 is 15.4 Å². The predicted molar refractivity (Wildman–Crippen MR) is 99.1 cm³/mol. The molecule has 1 fully saturated rings. The lowest BCUT2D eigenvalue weighted by Crippen LogP contribution is -2.32. The second-order valence-corrected chi connectivity index (χ2v) is 8.01. The summed E-state index contributed by atoms with van der Waals surface area (Å²) in [5, 5.41) is 5.38. The van der Waals surface area contributed by atoms with Crippen LogP contribution in [0, 0.1) is 0 Å². The first-order valence-corrected chi connectivity index (χ1v) is 10.1. The largest absolute Gasteiger partial charge is 0.334 e. The molecule has 0 atom stereocenters. The Morgan fingerprint density at radius 1 is 1.12 bits per heavy atom. The minimum atomic E-state index is -3.59. The van der Waals surface area contributed by atoms with Gasteiger partial charge in [-0.25, -0.2) is 17.9 Å². The normalized spacial score (nSPS) is 14.9. The number of sulfonamides is 1. The second kappa shape index (κ2) is 8.29. The summed E-state index contributed by atoms with van der Waals surface area (Å²) in [5.41, 5.74) is 1.35. The van der Waals surface area contributed by atoms with E-state index in [1.807, 2.05) is 12.1 Å². The molecule has 1 heterocycles. The molecular formula is C18H22N4O3S. The monoisotopic (exact) mass is 374 g/mol. The van der Waals surface area contributed by atoms with E-state index in [0.717, 1.165) is 31.2 Å². The number of nitrogens with zero attached hydrogens (tertiary/aromatic N) is 1. The van der Waals surface area contributed by atoms with Crippen molar-refractivity contribution < 1.29 is 13.2 Å². The average Bonchev–Trinajstić information content (AvgIpc) is 3.13. The standard InChI is InChI=1S/C18H22N4O3S/c23-18(20-13-14-8-10-19-11-9-14)21-16-6-3-7-17(12-16)26(24,25)22-15-4-1-2-5-15/h3,6-12,15,22H,1-2,4-5,13H2,(H2,20,21,23). The van der Waals surface area contributed by atoms with Gasteiger partial charge in [-0.05, 0) is 48.7 Å². The maximum Gasteiger partial charge on any atom is 0.319 e. The van der Waals surface area contributed by atoms with Crippen LogP contribution in [-0.2, 0) is 16.6 Å². The molecule has 1 aliphatic carbocycles. The van der Waals surface area contributed by atoms with E-state index in [1.165, 1.54) is 12.1 Å². The van der Waals surface area contributed by atoms with Crippen molar-refractivity contribution in [3.8, 4) is 0 Å². The van der Waals surface area contributed by atoms with Gasteiger partial charge in [0.15, 0.2) is 0 Å². The number of hydrogen-bond donors (Lipinski definition) is 3. The van der Waals surface area contributed by atoms with E-state index in [9.17, 15) is 13.2 Å². The molecule has 0 bridgehead atoms. The number of amides is 2. The molecule has 0 saturated heterocycles. The third-order valence-corrected chi connectivity index (χ3v) is 5.80. The van der Waals surface area contributed by atoms with Crippen LogP contribution in [0.3, 0.4) is 0 Å². The number of benzene rings is 1. The molecular weight excluding hydrogens is 352 g/mol. The van der Waals surface area contributed by atoms with E-state index in [4.69, 9.17) is 0 Å². The molecule has 8 heteroatoms. The quantitative estimate of drug-likeness (QED) is 0.723. The van der Waals surface area contributed by atoms with Gasteiger partial charge in [-0.1, -0.05) is 18.9 Å². The minimum absolute atomic E-state index is 0.000256. The van der Waals surface area contributed by atoms with Crippen LogP contribution in [-0.4, -0.2) is 25.5 Å². The summed E-state index contributed by atoms with van der Waals surface area (Å²) >= 11 is 0. The topological polar surface area (TPSA) is 100 Å². The summed E-state index contributed by atoms with van der Waals surface area (Å²) in [6.07, 6.45) is 7.14.